The van der Waals surface area contributed by atoms with Crippen LogP contribution >= 0.6 is 11.6 Å². The van der Waals surface area contributed by atoms with Gasteiger partial charge < -0.3 is 19.5 Å². The van der Waals surface area contributed by atoms with Crippen LogP contribution in [0, 0.1) is 11.3 Å². The minimum atomic E-state index is -0.820. The summed E-state index contributed by atoms with van der Waals surface area (Å²) in [7, 11) is 0. The van der Waals surface area contributed by atoms with Gasteiger partial charge in [0.1, 0.15) is 11.5 Å². The van der Waals surface area contributed by atoms with E-state index in [0.717, 1.165) is 61.3 Å². The average molecular weight is 527 g/mol. The Bertz CT molecular complexity index is 1170. The molecule has 200 valence electrons. The molecule has 1 aliphatic carbocycles. The SMILES string of the molecule is CCOc1cc2c(cc1-c1ccc(OC(C)C)c(Cl)c1)CC(C)(C)[C@H]2N(C(=O)O)[C@@H]1CN2CCC1CC2. The summed E-state index contributed by atoms with van der Waals surface area (Å²) in [5.41, 5.74) is 3.95. The third-order valence-corrected chi connectivity index (χ3v) is 8.60. The molecular weight excluding hydrogens is 488 g/mol. The van der Waals surface area contributed by atoms with Crippen molar-refractivity contribution in [2.75, 3.05) is 26.2 Å². The number of ether oxygens (including phenoxy) is 2. The molecule has 4 aliphatic rings. The molecule has 37 heavy (non-hydrogen) atoms. The first kappa shape index (κ1) is 26.2. The highest BCUT2D eigenvalue weighted by Gasteiger charge is 2.50. The summed E-state index contributed by atoms with van der Waals surface area (Å²) in [6.07, 6.45) is 2.18. The molecule has 3 heterocycles. The first-order valence-corrected chi connectivity index (χ1v) is 14.0. The van der Waals surface area contributed by atoms with Crippen LogP contribution in [0.25, 0.3) is 11.1 Å². The molecule has 1 amide bonds. The fraction of sp³-hybridized carbons (Fsp3) is 0.567. The largest absolute Gasteiger partial charge is 0.493 e. The zero-order chi connectivity index (χ0) is 26.5. The average Bonchev–Trinajstić information content (AvgIpc) is 3.10. The number of halogens is 1. The fourth-order valence-electron chi connectivity index (χ4n) is 6.79. The van der Waals surface area contributed by atoms with Gasteiger partial charge in [0.2, 0.25) is 0 Å². The van der Waals surface area contributed by atoms with Gasteiger partial charge in [0.05, 0.1) is 29.8 Å². The van der Waals surface area contributed by atoms with Gasteiger partial charge in [0.25, 0.3) is 0 Å². The number of fused-ring (bicyclic) bond motifs is 4. The van der Waals surface area contributed by atoms with Gasteiger partial charge in [-0.3, -0.25) is 4.90 Å². The molecule has 2 aromatic rings. The van der Waals surface area contributed by atoms with E-state index in [2.05, 4.69) is 30.9 Å². The molecule has 6 nitrogen and oxygen atoms in total. The maximum absolute atomic E-state index is 12.9. The molecule has 2 bridgehead atoms. The molecule has 0 spiro atoms. The Hall–Kier alpha value is -2.44. The van der Waals surface area contributed by atoms with Crippen LogP contribution in [0.1, 0.15) is 64.6 Å². The van der Waals surface area contributed by atoms with Crippen molar-refractivity contribution in [2.24, 2.45) is 11.3 Å². The molecule has 3 fully saturated rings. The quantitative estimate of drug-likeness (QED) is 0.425. The molecule has 6 rings (SSSR count). The lowest BCUT2D eigenvalue weighted by Crippen LogP contribution is -2.60. The lowest BCUT2D eigenvalue weighted by atomic mass is 9.79. The minimum absolute atomic E-state index is 0.0257. The second kappa shape index (κ2) is 10.0. The van der Waals surface area contributed by atoms with E-state index < -0.39 is 6.09 Å². The predicted molar refractivity (Wildman–Crippen MR) is 147 cm³/mol. The van der Waals surface area contributed by atoms with Crippen molar-refractivity contribution in [1.82, 2.24) is 9.80 Å². The number of amides is 1. The molecule has 0 unspecified atom stereocenters. The molecular formula is C30H39ClN2O4. The van der Waals surface area contributed by atoms with Gasteiger partial charge in [0.15, 0.2) is 0 Å². The molecule has 2 aromatic carbocycles. The van der Waals surface area contributed by atoms with Gasteiger partial charge >= 0.3 is 6.09 Å². The van der Waals surface area contributed by atoms with Crippen LogP contribution < -0.4 is 9.47 Å². The van der Waals surface area contributed by atoms with Crippen molar-refractivity contribution < 1.29 is 19.4 Å². The maximum Gasteiger partial charge on any atom is 0.408 e. The van der Waals surface area contributed by atoms with Crippen LogP contribution in [0.2, 0.25) is 5.02 Å². The highest BCUT2D eigenvalue weighted by molar-refractivity contribution is 6.32. The summed E-state index contributed by atoms with van der Waals surface area (Å²) < 4.78 is 12.0. The third-order valence-electron chi connectivity index (χ3n) is 8.31. The van der Waals surface area contributed by atoms with Crippen LogP contribution in [-0.2, 0) is 6.42 Å². The van der Waals surface area contributed by atoms with Gasteiger partial charge in [-0.05, 0) is 105 Å². The predicted octanol–water partition coefficient (Wildman–Crippen LogP) is 6.89. The summed E-state index contributed by atoms with van der Waals surface area (Å²) >= 11 is 6.59. The minimum Gasteiger partial charge on any atom is -0.493 e. The van der Waals surface area contributed by atoms with Crippen molar-refractivity contribution in [2.45, 2.75) is 72.1 Å². The van der Waals surface area contributed by atoms with Crippen molar-refractivity contribution in [3.63, 3.8) is 0 Å². The van der Waals surface area contributed by atoms with E-state index in [4.69, 9.17) is 21.1 Å². The topological polar surface area (TPSA) is 62.2 Å². The van der Waals surface area contributed by atoms with E-state index in [9.17, 15) is 9.90 Å². The molecule has 3 aliphatic heterocycles. The van der Waals surface area contributed by atoms with Crippen LogP contribution in [-0.4, -0.2) is 59.4 Å². The number of hydrogen-bond acceptors (Lipinski definition) is 4. The van der Waals surface area contributed by atoms with Gasteiger partial charge in [-0.1, -0.05) is 31.5 Å². The van der Waals surface area contributed by atoms with E-state index in [1.807, 2.05) is 39.0 Å². The van der Waals surface area contributed by atoms with E-state index in [0.29, 0.717) is 23.3 Å². The number of carbonyl (C=O) groups is 1. The Kier molecular flexibility index (Phi) is 7.10. The summed E-state index contributed by atoms with van der Waals surface area (Å²) in [5.74, 6) is 1.85. The first-order chi connectivity index (χ1) is 17.6. The summed E-state index contributed by atoms with van der Waals surface area (Å²) in [6, 6.07) is 9.94. The number of hydrogen-bond donors (Lipinski definition) is 1. The Labute approximate surface area is 225 Å². The fourth-order valence-corrected chi connectivity index (χ4v) is 7.02. The van der Waals surface area contributed by atoms with Crippen molar-refractivity contribution in [3.05, 3.63) is 46.5 Å². The Morgan fingerprint density at radius 3 is 2.49 bits per heavy atom. The van der Waals surface area contributed by atoms with Gasteiger partial charge in [0, 0.05) is 12.1 Å². The smallest absolute Gasteiger partial charge is 0.408 e. The van der Waals surface area contributed by atoms with E-state index >= 15 is 0 Å². The van der Waals surface area contributed by atoms with Gasteiger partial charge in [-0.25, -0.2) is 4.79 Å². The first-order valence-electron chi connectivity index (χ1n) is 13.6. The van der Waals surface area contributed by atoms with Crippen LogP contribution in [0.4, 0.5) is 4.79 Å². The van der Waals surface area contributed by atoms with E-state index in [-0.39, 0.29) is 23.6 Å². The monoisotopic (exact) mass is 526 g/mol. The molecule has 2 atom stereocenters. The second-order valence-corrected chi connectivity index (χ2v) is 12.2. The van der Waals surface area contributed by atoms with Gasteiger partial charge in [-0.2, -0.15) is 0 Å². The van der Waals surface area contributed by atoms with Crippen LogP contribution in [0.15, 0.2) is 30.3 Å². The molecule has 7 heteroatoms. The number of carboxylic acid groups (broad SMARTS) is 1. The second-order valence-electron chi connectivity index (χ2n) is 11.8. The number of nitrogens with zero attached hydrogens (tertiary/aromatic N) is 2. The summed E-state index contributed by atoms with van der Waals surface area (Å²) in [6.45, 7) is 13.8. The molecule has 0 aromatic heterocycles. The molecule has 1 N–H and O–H groups in total. The lowest BCUT2D eigenvalue weighted by Gasteiger charge is -2.51. The zero-order valence-electron chi connectivity index (χ0n) is 22.6. The molecule has 3 saturated heterocycles. The highest BCUT2D eigenvalue weighted by atomic mass is 35.5. The third kappa shape index (κ3) is 4.90. The van der Waals surface area contributed by atoms with Crippen molar-refractivity contribution >= 4 is 17.7 Å². The van der Waals surface area contributed by atoms with Crippen LogP contribution in [0.3, 0.4) is 0 Å². The highest BCUT2D eigenvalue weighted by Crippen LogP contribution is 2.53. The molecule has 0 radical (unpaired) electrons. The number of benzene rings is 2. The Morgan fingerprint density at radius 2 is 1.92 bits per heavy atom. The van der Waals surface area contributed by atoms with Crippen molar-refractivity contribution in [3.8, 4) is 22.6 Å². The standard InChI is InChI=1S/C30H39ClN2O4/c1-6-36-27-15-23-21(13-22(27)20-7-8-26(24(31)14-20)37-18(2)3)16-30(4,5)28(23)33(29(34)35)25-17-32-11-9-19(25)10-12-32/h7-8,13-15,18-19,25,28H,6,9-12,16-17H2,1-5H3,(H,34,35)/t25-,28+/m1/s1. The summed E-state index contributed by atoms with van der Waals surface area (Å²) in [4.78, 5) is 17.1. The normalized spacial score (nSPS) is 25.7. The Morgan fingerprint density at radius 1 is 1.19 bits per heavy atom. The van der Waals surface area contributed by atoms with E-state index in [1.165, 1.54) is 5.56 Å². The number of rotatable bonds is 7. The van der Waals surface area contributed by atoms with Gasteiger partial charge in [-0.15, -0.1) is 0 Å². The molecule has 0 saturated carbocycles. The van der Waals surface area contributed by atoms with Crippen LogP contribution in [0.5, 0.6) is 11.5 Å². The number of piperidine rings is 3. The zero-order valence-corrected chi connectivity index (χ0v) is 23.3. The Balaban J connectivity index is 1.57. The van der Waals surface area contributed by atoms with E-state index in [1.54, 1.807) is 4.90 Å². The maximum atomic E-state index is 12.9. The van der Waals surface area contributed by atoms with Crippen molar-refractivity contribution in [1.29, 1.82) is 0 Å². The summed E-state index contributed by atoms with van der Waals surface area (Å²) in [5, 5.41) is 11.1. The lowest BCUT2D eigenvalue weighted by molar-refractivity contribution is -0.0267.